The third-order valence-corrected chi connectivity index (χ3v) is 4.27. The fourth-order valence-corrected chi connectivity index (χ4v) is 2.80. The number of benzene rings is 1. The first-order valence-electron chi connectivity index (χ1n) is 6.14. The van der Waals surface area contributed by atoms with Crippen LogP contribution < -0.4 is 11.1 Å². The maximum absolute atomic E-state index is 11.9. The molecule has 0 atom stereocenters. The van der Waals surface area contributed by atoms with Crippen molar-refractivity contribution in [2.45, 2.75) is 11.4 Å². The van der Waals surface area contributed by atoms with Gasteiger partial charge in [0.2, 0.25) is 5.91 Å². The van der Waals surface area contributed by atoms with E-state index in [2.05, 4.69) is 26.2 Å². The predicted molar refractivity (Wildman–Crippen MR) is 91.8 cm³/mol. The van der Waals surface area contributed by atoms with Gasteiger partial charge in [-0.3, -0.25) is 4.79 Å². The van der Waals surface area contributed by atoms with Crippen LogP contribution in [0.1, 0.15) is 6.42 Å². The highest BCUT2D eigenvalue weighted by Gasteiger charge is 2.06. The predicted octanol–water partition coefficient (Wildman–Crippen LogP) is 4.20. The summed E-state index contributed by atoms with van der Waals surface area (Å²) in [5, 5.41) is 4.09. The molecule has 7 heteroatoms. The van der Waals surface area contributed by atoms with E-state index in [1.807, 2.05) is 12.1 Å². The van der Waals surface area contributed by atoms with Crippen LogP contribution in [0.15, 0.2) is 46.0 Å². The summed E-state index contributed by atoms with van der Waals surface area (Å²) in [5.41, 5.74) is 6.74. The van der Waals surface area contributed by atoms with Gasteiger partial charge in [-0.2, -0.15) is 0 Å². The van der Waals surface area contributed by atoms with Crippen molar-refractivity contribution in [2.75, 3.05) is 16.8 Å². The Balaban J connectivity index is 1.81. The first-order chi connectivity index (χ1) is 10.0. The molecule has 2 rings (SSSR count). The maximum Gasteiger partial charge on any atom is 0.225 e. The third-order valence-electron chi connectivity index (χ3n) is 2.55. The fourth-order valence-electron chi connectivity index (χ4n) is 1.54. The van der Waals surface area contributed by atoms with Gasteiger partial charge in [0.1, 0.15) is 0 Å². The molecule has 1 amide bonds. The minimum absolute atomic E-state index is 0.0914. The number of aromatic nitrogens is 1. The fraction of sp³-hybridized carbons (Fsp3) is 0.143. The largest absolute Gasteiger partial charge is 0.399 e. The molecule has 0 aliphatic rings. The lowest BCUT2D eigenvalue weighted by Gasteiger charge is -2.07. The standard InChI is InChI=1S/C14H13BrClN3OS/c15-9-1-4-14(18-8-9)21-6-5-13(20)19-12-3-2-10(17)7-11(12)16/h1-4,7-8H,5-6,17H2,(H,19,20). The summed E-state index contributed by atoms with van der Waals surface area (Å²) in [7, 11) is 0. The van der Waals surface area contributed by atoms with Gasteiger partial charge >= 0.3 is 0 Å². The van der Waals surface area contributed by atoms with Gasteiger partial charge in [-0.05, 0) is 46.3 Å². The molecule has 0 unspecified atom stereocenters. The highest BCUT2D eigenvalue weighted by Crippen LogP contribution is 2.24. The molecule has 0 saturated heterocycles. The van der Waals surface area contributed by atoms with Crippen LogP contribution in [0.25, 0.3) is 0 Å². The van der Waals surface area contributed by atoms with E-state index in [1.165, 1.54) is 11.8 Å². The Morgan fingerprint density at radius 1 is 1.38 bits per heavy atom. The summed E-state index contributed by atoms with van der Waals surface area (Å²) in [6.07, 6.45) is 2.11. The summed E-state index contributed by atoms with van der Waals surface area (Å²) in [4.78, 5) is 16.1. The first kappa shape index (κ1) is 16.1. The maximum atomic E-state index is 11.9. The van der Waals surface area contributed by atoms with Gasteiger partial charge in [0.15, 0.2) is 0 Å². The van der Waals surface area contributed by atoms with Crippen LogP contribution in [0.3, 0.4) is 0 Å². The molecule has 0 fully saturated rings. The van der Waals surface area contributed by atoms with Gasteiger partial charge in [0.05, 0.1) is 15.7 Å². The molecule has 0 spiro atoms. The zero-order valence-electron chi connectivity index (χ0n) is 11.0. The Labute approximate surface area is 140 Å². The normalized spacial score (nSPS) is 10.4. The third kappa shape index (κ3) is 5.22. The van der Waals surface area contributed by atoms with Gasteiger partial charge < -0.3 is 11.1 Å². The topological polar surface area (TPSA) is 68.0 Å². The molecule has 21 heavy (non-hydrogen) atoms. The van der Waals surface area contributed by atoms with E-state index in [-0.39, 0.29) is 5.91 Å². The van der Waals surface area contributed by atoms with Crippen LogP contribution in [0, 0.1) is 0 Å². The van der Waals surface area contributed by atoms with E-state index in [9.17, 15) is 4.79 Å². The second kappa shape index (κ2) is 7.68. The number of thioether (sulfide) groups is 1. The SMILES string of the molecule is Nc1ccc(NC(=O)CCSc2ccc(Br)cn2)c(Cl)c1. The lowest BCUT2D eigenvalue weighted by atomic mass is 10.3. The van der Waals surface area contributed by atoms with Crippen molar-refractivity contribution >= 4 is 56.6 Å². The quantitative estimate of drug-likeness (QED) is 0.597. The molecule has 0 bridgehead atoms. The van der Waals surface area contributed by atoms with Gasteiger partial charge in [0.25, 0.3) is 0 Å². The molecule has 0 aliphatic carbocycles. The highest BCUT2D eigenvalue weighted by atomic mass is 79.9. The summed E-state index contributed by atoms with van der Waals surface area (Å²) in [6.45, 7) is 0. The number of carbonyl (C=O) groups excluding carboxylic acids is 1. The molecule has 0 aliphatic heterocycles. The van der Waals surface area contributed by atoms with Crippen molar-refractivity contribution in [2.24, 2.45) is 0 Å². The van der Waals surface area contributed by atoms with Crippen molar-refractivity contribution in [3.63, 3.8) is 0 Å². The molecule has 1 aromatic carbocycles. The zero-order valence-corrected chi connectivity index (χ0v) is 14.1. The van der Waals surface area contributed by atoms with Crippen LogP contribution in [0.4, 0.5) is 11.4 Å². The lowest BCUT2D eigenvalue weighted by Crippen LogP contribution is -2.12. The van der Waals surface area contributed by atoms with Crippen molar-refractivity contribution in [3.8, 4) is 0 Å². The Bertz CT molecular complexity index is 637. The minimum atomic E-state index is -0.0914. The Morgan fingerprint density at radius 3 is 2.86 bits per heavy atom. The number of nitrogens with zero attached hydrogens (tertiary/aromatic N) is 1. The van der Waals surface area contributed by atoms with Crippen LogP contribution in [-0.4, -0.2) is 16.6 Å². The number of nitrogen functional groups attached to an aromatic ring is 1. The van der Waals surface area contributed by atoms with Crippen LogP contribution >= 0.6 is 39.3 Å². The number of halogens is 2. The van der Waals surface area contributed by atoms with E-state index in [0.29, 0.717) is 28.6 Å². The molecule has 3 N–H and O–H groups in total. The minimum Gasteiger partial charge on any atom is -0.399 e. The molecule has 0 radical (unpaired) electrons. The molecule has 0 saturated carbocycles. The first-order valence-corrected chi connectivity index (χ1v) is 8.29. The van der Waals surface area contributed by atoms with Crippen molar-refractivity contribution in [1.82, 2.24) is 4.98 Å². The Morgan fingerprint density at radius 2 is 2.19 bits per heavy atom. The summed E-state index contributed by atoms with van der Waals surface area (Å²) < 4.78 is 0.933. The number of amides is 1. The van der Waals surface area contributed by atoms with Crippen LogP contribution in [0.2, 0.25) is 5.02 Å². The van der Waals surface area contributed by atoms with E-state index < -0.39 is 0 Å². The van der Waals surface area contributed by atoms with Gasteiger partial charge in [0, 0.05) is 28.5 Å². The van der Waals surface area contributed by atoms with Gasteiger partial charge in [-0.15, -0.1) is 11.8 Å². The van der Waals surface area contributed by atoms with E-state index in [0.717, 1.165) is 9.50 Å². The molecule has 4 nitrogen and oxygen atoms in total. The number of hydrogen-bond acceptors (Lipinski definition) is 4. The number of carbonyl (C=O) groups is 1. The number of pyridine rings is 1. The summed E-state index contributed by atoms with van der Waals surface area (Å²) in [5.74, 6) is 0.554. The van der Waals surface area contributed by atoms with Crippen molar-refractivity contribution < 1.29 is 4.79 Å². The average molecular weight is 387 g/mol. The van der Waals surface area contributed by atoms with E-state index in [1.54, 1.807) is 24.4 Å². The molecular formula is C14H13BrClN3OS. The molecular weight excluding hydrogens is 374 g/mol. The second-order valence-electron chi connectivity index (χ2n) is 4.20. The van der Waals surface area contributed by atoms with Crippen LogP contribution in [-0.2, 0) is 4.79 Å². The van der Waals surface area contributed by atoms with Crippen molar-refractivity contribution in [1.29, 1.82) is 0 Å². The second-order valence-corrected chi connectivity index (χ2v) is 6.64. The number of rotatable bonds is 5. The molecule has 1 heterocycles. The van der Waals surface area contributed by atoms with Gasteiger partial charge in [-0.25, -0.2) is 4.98 Å². The molecule has 110 valence electrons. The highest BCUT2D eigenvalue weighted by molar-refractivity contribution is 9.10. The average Bonchev–Trinajstić information content (AvgIpc) is 2.44. The monoisotopic (exact) mass is 385 g/mol. The molecule has 1 aromatic heterocycles. The van der Waals surface area contributed by atoms with Crippen LogP contribution in [0.5, 0.6) is 0 Å². The smallest absolute Gasteiger partial charge is 0.225 e. The zero-order chi connectivity index (χ0) is 15.2. The summed E-state index contributed by atoms with van der Waals surface area (Å²) in [6, 6.07) is 8.83. The number of anilines is 2. The Hall–Kier alpha value is -1.24. The lowest BCUT2D eigenvalue weighted by molar-refractivity contribution is -0.115. The van der Waals surface area contributed by atoms with Crippen molar-refractivity contribution in [3.05, 3.63) is 46.0 Å². The Kier molecular flexibility index (Phi) is 5.90. The number of hydrogen-bond donors (Lipinski definition) is 2. The van der Waals surface area contributed by atoms with E-state index in [4.69, 9.17) is 17.3 Å². The molecule has 2 aromatic rings. The number of nitrogens with one attached hydrogen (secondary N) is 1. The number of nitrogens with two attached hydrogens (primary N) is 1. The van der Waals surface area contributed by atoms with E-state index >= 15 is 0 Å². The van der Waals surface area contributed by atoms with Gasteiger partial charge in [-0.1, -0.05) is 11.6 Å². The summed E-state index contributed by atoms with van der Waals surface area (Å²) >= 11 is 10.9.